The predicted molar refractivity (Wildman–Crippen MR) is 58.6 cm³/mol. The number of carbonyl (C=O) groups excluding carboxylic acids is 1. The van der Waals surface area contributed by atoms with Gasteiger partial charge >= 0.3 is 5.97 Å². The van der Waals surface area contributed by atoms with Crippen molar-refractivity contribution in [1.82, 2.24) is 4.90 Å². The van der Waals surface area contributed by atoms with Crippen LogP contribution in [0.1, 0.15) is 44.9 Å². The van der Waals surface area contributed by atoms with Crippen molar-refractivity contribution in [2.24, 2.45) is 0 Å². The molecule has 0 aromatic carbocycles. The maximum Gasteiger partial charge on any atom is 0.323 e. The van der Waals surface area contributed by atoms with Crippen LogP contribution in [0.4, 0.5) is 0 Å². The third-order valence-corrected chi connectivity index (χ3v) is 3.81. The van der Waals surface area contributed by atoms with E-state index < -0.39 is 0 Å². The fraction of sp³-hybridized carbons (Fsp3) is 0.917. The van der Waals surface area contributed by atoms with Crippen LogP contribution in [0, 0.1) is 0 Å². The third kappa shape index (κ3) is 2.33. The monoisotopic (exact) mass is 211 g/mol. The van der Waals surface area contributed by atoms with Crippen molar-refractivity contribution in [1.29, 1.82) is 0 Å². The van der Waals surface area contributed by atoms with Gasteiger partial charge in [-0.25, -0.2) is 0 Å². The first-order valence-corrected chi connectivity index (χ1v) is 6.16. The van der Waals surface area contributed by atoms with Gasteiger partial charge in [0.15, 0.2) is 0 Å². The zero-order valence-corrected chi connectivity index (χ0v) is 9.58. The first-order valence-electron chi connectivity index (χ1n) is 6.16. The molecule has 0 aromatic heterocycles. The lowest BCUT2D eigenvalue weighted by Gasteiger charge is -2.38. The van der Waals surface area contributed by atoms with Crippen molar-refractivity contribution in [2.45, 2.75) is 57.0 Å². The molecule has 0 bridgehead atoms. The summed E-state index contributed by atoms with van der Waals surface area (Å²) in [5.41, 5.74) is 0. The van der Waals surface area contributed by atoms with Gasteiger partial charge in [-0.15, -0.1) is 0 Å². The lowest BCUT2D eigenvalue weighted by Crippen LogP contribution is -2.49. The summed E-state index contributed by atoms with van der Waals surface area (Å²) in [6.07, 6.45) is 8.60. The largest absolute Gasteiger partial charge is 0.468 e. The Hall–Kier alpha value is -0.570. The van der Waals surface area contributed by atoms with Crippen molar-refractivity contribution < 1.29 is 9.53 Å². The van der Waals surface area contributed by atoms with E-state index in [-0.39, 0.29) is 12.0 Å². The summed E-state index contributed by atoms with van der Waals surface area (Å²) >= 11 is 0. The van der Waals surface area contributed by atoms with Crippen LogP contribution in [-0.4, -0.2) is 36.6 Å². The Balaban J connectivity index is 2.01. The van der Waals surface area contributed by atoms with E-state index in [0.717, 1.165) is 13.0 Å². The van der Waals surface area contributed by atoms with Crippen molar-refractivity contribution in [2.75, 3.05) is 13.7 Å². The lowest BCUT2D eigenvalue weighted by atomic mass is 9.99. The summed E-state index contributed by atoms with van der Waals surface area (Å²) in [5, 5.41) is 0. The molecule has 0 amide bonds. The lowest BCUT2D eigenvalue weighted by molar-refractivity contribution is -0.149. The second-order valence-electron chi connectivity index (χ2n) is 4.71. The Bertz CT molecular complexity index is 224. The molecule has 0 spiro atoms. The molecule has 0 N–H and O–H groups in total. The van der Waals surface area contributed by atoms with E-state index in [0.29, 0.717) is 6.04 Å². The Morgan fingerprint density at radius 1 is 1.13 bits per heavy atom. The maximum atomic E-state index is 11.7. The molecule has 0 aromatic rings. The Morgan fingerprint density at radius 3 is 2.47 bits per heavy atom. The summed E-state index contributed by atoms with van der Waals surface area (Å²) in [6, 6.07) is 0.696. The molecule has 1 aliphatic heterocycles. The van der Waals surface area contributed by atoms with Crippen LogP contribution < -0.4 is 0 Å². The van der Waals surface area contributed by atoms with Crippen molar-refractivity contribution in [3.8, 4) is 0 Å². The van der Waals surface area contributed by atoms with Gasteiger partial charge in [-0.3, -0.25) is 9.69 Å². The number of hydrogen-bond acceptors (Lipinski definition) is 3. The van der Waals surface area contributed by atoms with Crippen LogP contribution in [0.2, 0.25) is 0 Å². The van der Waals surface area contributed by atoms with E-state index in [9.17, 15) is 4.79 Å². The van der Waals surface area contributed by atoms with E-state index in [1.54, 1.807) is 0 Å². The van der Waals surface area contributed by atoms with E-state index >= 15 is 0 Å². The van der Waals surface area contributed by atoms with Gasteiger partial charge in [0.05, 0.1) is 7.11 Å². The van der Waals surface area contributed by atoms with Crippen molar-refractivity contribution >= 4 is 5.97 Å². The van der Waals surface area contributed by atoms with Gasteiger partial charge in [-0.2, -0.15) is 0 Å². The number of esters is 1. The number of methoxy groups -OCH3 is 1. The normalized spacial score (nSPS) is 29.3. The van der Waals surface area contributed by atoms with Crippen LogP contribution in [-0.2, 0) is 9.53 Å². The fourth-order valence-corrected chi connectivity index (χ4v) is 3.02. The van der Waals surface area contributed by atoms with Crippen LogP contribution in [0.3, 0.4) is 0 Å². The van der Waals surface area contributed by atoms with E-state index in [1.807, 2.05) is 0 Å². The molecule has 2 fully saturated rings. The highest BCUT2D eigenvalue weighted by Gasteiger charge is 2.35. The average Bonchev–Trinajstić information content (AvgIpc) is 2.81. The molecule has 1 atom stereocenters. The zero-order valence-electron chi connectivity index (χ0n) is 9.58. The smallest absolute Gasteiger partial charge is 0.323 e. The van der Waals surface area contributed by atoms with Crippen LogP contribution in [0.15, 0.2) is 0 Å². The number of carbonyl (C=O) groups is 1. The van der Waals surface area contributed by atoms with Crippen LogP contribution in [0.5, 0.6) is 0 Å². The SMILES string of the molecule is COC(=O)[C@@H]1CCCCN1C1CCCC1. The Kier molecular flexibility index (Phi) is 3.62. The molecule has 1 saturated carbocycles. The minimum atomic E-state index is -0.0263. The fourth-order valence-electron chi connectivity index (χ4n) is 3.02. The summed E-state index contributed by atoms with van der Waals surface area (Å²) in [7, 11) is 1.50. The Labute approximate surface area is 91.8 Å². The second-order valence-corrected chi connectivity index (χ2v) is 4.71. The molecule has 2 rings (SSSR count). The molecular formula is C12H21NO2. The summed E-state index contributed by atoms with van der Waals surface area (Å²) < 4.78 is 4.90. The minimum absolute atomic E-state index is 0.0263. The topological polar surface area (TPSA) is 29.5 Å². The number of piperidine rings is 1. The second kappa shape index (κ2) is 4.97. The molecule has 3 nitrogen and oxygen atoms in total. The first kappa shape index (κ1) is 10.9. The first-order chi connectivity index (χ1) is 7.33. The molecule has 2 aliphatic rings. The number of rotatable bonds is 2. The van der Waals surface area contributed by atoms with Gasteiger partial charge in [-0.05, 0) is 32.2 Å². The van der Waals surface area contributed by atoms with E-state index in [4.69, 9.17) is 4.74 Å². The molecular weight excluding hydrogens is 190 g/mol. The number of ether oxygens (including phenoxy) is 1. The average molecular weight is 211 g/mol. The molecule has 15 heavy (non-hydrogen) atoms. The highest BCUT2D eigenvalue weighted by Crippen LogP contribution is 2.29. The number of hydrogen-bond donors (Lipinski definition) is 0. The standard InChI is InChI=1S/C12H21NO2/c1-15-12(14)11-8-4-5-9-13(11)10-6-2-3-7-10/h10-11H,2-9H2,1H3/t11-/m0/s1. The molecule has 1 aliphatic carbocycles. The summed E-state index contributed by atoms with van der Waals surface area (Å²) in [4.78, 5) is 14.1. The van der Waals surface area contributed by atoms with E-state index in [2.05, 4.69) is 4.90 Å². The minimum Gasteiger partial charge on any atom is -0.468 e. The quantitative estimate of drug-likeness (QED) is 0.654. The molecule has 0 unspecified atom stereocenters. The van der Waals surface area contributed by atoms with Gasteiger partial charge < -0.3 is 4.74 Å². The highest BCUT2D eigenvalue weighted by molar-refractivity contribution is 5.75. The van der Waals surface area contributed by atoms with E-state index in [1.165, 1.54) is 45.6 Å². The van der Waals surface area contributed by atoms with Crippen molar-refractivity contribution in [3.05, 3.63) is 0 Å². The van der Waals surface area contributed by atoms with Crippen LogP contribution in [0.25, 0.3) is 0 Å². The molecule has 86 valence electrons. The van der Waals surface area contributed by atoms with Gasteiger partial charge in [0.1, 0.15) is 6.04 Å². The van der Waals surface area contributed by atoms with Crippen LogP contribution >= 0.6 is 0 Å². The van der Waals surface area contributed by atoms with Gasteiger partial charge in [0.2, 0.25) is 0 Å². The molecule has 0 radical (unpaired) electrons. The summed E-state index contributed by atoms with van der Waals surface area (Å²) in [6.45, 7) is 1.09. The molecule has 1 saturated heterocycles. The third-order valence-electron chi connectivity index (χ3n) is 3.81. The number of likely N-dealkylation sites (tertiary alicyclic amines) is 1. The molecule has 3 heteroatoms. The zero-order chi connectivity index (χ0) is 10.7. The van der Waals surface area contributed by atoms with Crippen molar-refractivity contribution in [3.63, 3.8) is 0 Å². The number of nitrogens with zero attached hydrogens (tertiary/aromatic N) is 1. The maximum absolute atomic E-state index is 11.7. The van der Waals surface area contributed by atoms with Gasteiger partial charge in [-0.1, -0.05) is 19.3 Å². The van der Waals surface area contributed by atoms with Gasteiger partial charge in [0.25, 0.3) is 0 Å². The Morgan fingerprint density at radius 2 is 1.80 bits per heavy atom. The van der Waals surface area contributed by atoms with Gasteiger partial charge in [0, 0.05) is 6.04 Å². The summed E-state index contributed by atoms with van der Waals surface area (Å²) in [5.74, 6) is -0.0263. The molecule has 1 heterocycles. The predicted octanol–water partition coefficient (Wildman–Crippen LogP) is 1.96. The highest BCUT2D eigenvalue weighted by atomic mass is 16.5.